The van der Waals surface area contributed by atoms with Gasteiger partial charge < -0.3 is 10.1 Å². The maximum Gasteiger partial charge on any atom is 0.390 e. The maximum absolute atomic E-state index is 14.9. The second-order valence-corrected chi connectivity index (χ2v) is 11.4. The summed E-state index contributed by atoms with van der Waals surface area (Å²) in [6.45, 7) is 2.59. The number of nitrogens with zero attached hydrogens (tertiary/aromatic N) is 6. The molecule has 41 heavy (non-hydrogen) atoms. The van der Waals surface area contributed by atoms with E-state index in [1.54, 1.807) is 19.1 Å². The van der Waals surface area contributed by atoms with Crippen molar-refractivity contribution in [2.24, 2.45) is 0 Å². The first-order chi connectivity index (χ1) is 19.2. The van der Waals surface area contributed by atoms with Crippen molar-refractivity contribution in [3.63, 3.8) is 0 Å². The van der Waals surface area contributed by atoms with E-state index in [0.29, 0.717) is 11.1 Å². The lowest BCUT2D eigenvalue weighted by atomic mass is 9.97. The molecule has 220 valence electrons. The number of rotatable bonds is 9. The van der Waals surface area contributed by atoms with Crippen LogP contribution in [0.1, 0.15) is 47.8 Å². The molecule has 12 nitrogen and oxygen atoms in total. The summed E-state index contributed by atoms with van der Waals surface area (Å²) in [5, 5.41) is 13.9. The average molecular weight is 600 g/mol. The Labute approximate surface area is 231 Å². The zero-order chi connectivity index (χ0) is 29.9. The molecule has 1 amide bonds. The molecule has 0 radical (unpaired) electrons. The highest BCUT2D eigenvalue weighted by molar-refractivity contribution is 7.89. The first-order valence-electron chi connectivity index (χ1n) is 12.3. The van der Waals surface area contributed by atoms with Gasteiger partial charge in [0.15, 0.2) is 0 Å². The highest BCUT2D eigenvalue weighted by Crippen LogP contribution is 2.27. The highest BCUT2D eigenvalue weighted by Gasteiger charge is 2.34. The van der Waals surface area contributed by atoms with Gasteiger partial charge in [0.1, 0.15) is 23.9 Å². The molecule has 1 aromatic carbocycles. The largest absolute Gasteiger partial charge is 0.464 e. The average Bonchev–Trinajstić information content (AvgIpc) is 3.40. The number of hydrogen-bond donors (Lipinski definition) is 1. The lowest BCUT2D eigenvalue weighted by molar-refractivity contribution is -0.142. The van der Waals surface area contributed by atoms with Crippen molar-refractivity contribution < 1.29 is 40.3 Å². The number of carbonyl (C=O) groups excluding carboxylic acids is 2. The van der Waals surface area contributed by atoms with Crippen LogP contribution in [0.15, 0.2) is 30.3 Å². The Morgan fingerprint density at radius 1 is 1.20 bits per heavy atom. The number of hydrogen-bond acceptors (Lipinski definition) is 9. The van der Waals surface area contributed by atoms with Gasteiger partial charge in [0.2, 0.25) is 15.8 Å². The SMILES string of the molecule is CC(=O)OC[C@@H](C)n1nnnc1-c1cccc(NC(=O)c2cc3c(cc2F)CCN(S(=O)(=O)CCC(F)(F)F)C3)n1. The number of pyridine rings is 1. The Morgan fingerprint density at radius 3 is 2.66 bits per heavy atom. The Kier molecular flexibility index (Phi) is 8.67. The van der Waals surface area contributed by atoms with E-state index in [1.807, 2.05) is 0 Å². The fraction of sp³-hybridized carbons (Fsp3) is 0.417. The lowest BCUT2D eigenvalue weighted by Crippen LogP contribution is -2.38. The van der Waals surface area contributed by atoms with E-state index < -0.39 is 57.7 Å². The van der Waals surface area contributed by atoms with Crippen molar-refractivity contribution >= 4 is 27.7 Å². The molecule has 0 aliphatic carbocycles. The van der Waals surface area contributed by atoms with Crippen LogP contribution in [-0.2, 0) is 32.5 Å². The number of sulfonamides is 1. The van der Waals surface area contributed by atoms with Gasteiger partial charge >= 0.3 is 12.1 Å². The molecule has 0 saturated heterocycles. The van der Waals surface area contributed by atoms with Crippen molar-refractivity contribution in [3.8, 4) is 11.5 Å². The third-order valence-electron chi connectivity index (χ3n) is 6.21. The number of nitrogens with one attached hydrogen (secondary N) is 1. The minimum atomic E-state index is -4.63. The minimum absolute atomic E-state index is 0.00244. The highest BCUT2D eigenvalue weighted by atomic mass is 32.2. The number of tetrazole rings is 1. The number of ether oxygens (including phenoxy) is 1. The third-order valence-corrected chi connectivity index (χ3v) is 8.02. The summed E-state index contributed by atoms with van der Waals surface area (Å²) in [5.41, 5.74) is 0.621. The fourth-order valence-corrected chi connectivity index (χ4v) is 5.57. The van der Waals surface area contributed by atoms with E-state index in [-0.39, 0.29) is 43.5 Å². The Bertz CT molecular complexity index is 1560. The molecule has 0 bridgehead atoms. The predicted octanol–water partition coefficient (Wildman–Crippen LogP) is 2.89. The number of anilines is 1. The third kappa shape index (κ3) is 7.40. The molecule has 1 N–H and O–H groups in total. The van der Waals surface area contributed by atoms with Gasteiger partial charge in [-0.2, -0.15) is 17.5 Å². The molecule has 0 spiro atoms. The van der Waals surface area contributed by atoms with Crippen molar-refractivity contribution in [1.82, 2.24) is 29.5 Å². The first-order valence-corrected chi connectivity index (χ1v) is 13.9. The normalized spacial score (nSPS) is 14.8. The van der Waals surface area contributed by atoms with Gasteiger partial charge in [0, 0.05) is 20.0 Å². The van der Waals surface area contributed by atoms with Crippen LogP contribution in [0.25, 0.3) is 11.5 Å². The Hall–Kier alpha value is -3.99. The molecule has 17 heteroatoms. The summed E-state index contributed by atoms with van der Waals surface area (Å²) in [6.07, 6.45) is -6.04. The van der Waals surface area contributed by atoms with Gasteiger partial charge in [0.25, 0.3) is 5.91 Å². The summed E-state index contributed by atoms with van der Waals surface area (Å²) in [5.74, 6) is -3.06. The maximum atomic E-state index is 14.9. The number of carbonyl (C=O) groups is 2. The van der Waals surface area contributed by atoms with Crippen LogP contribution in [-0.4, -0.2) is 74.9 Å². The van der Waals surface area contributed by atoms with Crippen LogP contribution in [0.3, 0.4) is 0 Å². The Balaban J connectivity index is 1.51. The number of esters is 1. The lowest BCUT2D eigenvalue weighted by Gasteiger charge is -2.28. The monoisotopic (exact) mass is 599 g/mol. The van der Waals surface area contributed by atoms with Crippen molar-refractivity contribution in [2.45, 2.75) is 45.5 Å². The van der Waals surface area contributed by atoms with Gasteiger partial charge in [0.05, 0.1) is 23.8 Å². The van der Waals surface area contributed by atoms with Gasteiger partial charge in [-0.3, -0.25) is 9.59 Å². The second-order valence-electron chi connectivity index (χ2n) is 9.33. The summed E-state index contributed by atoms with van der Waals surface area (Å²) >= 11 is 0. The molecular formula is C24H25F4N7O5S. The van der Waals surface area contributed by atoms with Crippen LogP contribution in [0, 0.1) is 5.82 Å². The number of halogens is 4. The molecule has 3 aromatic rings. The van der Waals surface area contributed by atoms with E-state index in [1.165, 1.54) is 23.7 Å². The number of alkyl halides is 3. The van der Waals surface area contributed by atoms with Crippen LogP contribution < -0.4 is 5.32 Å². The fourth-order valence-electron chi connectivity index (χ4n) is 4.12. The van der Waals surface area contributed by atoms with Gasteiger partial charge in [-0.25, -0.2) is 22.5 Å². The van der Waals surface area contributed by atoms with Crippen LogP contribution in [0.2, 0.25) is 0 Å². The topological polar surface area (TPSA) is 149 Å². The molecule has 0 saturated carbocycles. The second kappa shape index (κ2) is 11.9. The molecule has 1 atom stereocenters. The summed E-state index contributed by atoms with van der Waals surface area (Å²) in [4.78, 5) is 28.4. The Morgan fingerprint density at radius 2 is 1.95 bits per heavy atom. The van der Waals surface area contributed by atoms with Gasteiger partial charge in [-0.05, 0) is 59.2 Å². The number of aromatic nitrogens is 5. The smallest absolute Gasteiger partial charge is 0.390 e. The molecular weight excluding hydrogens is 574 g/mol. The summed E-state index contributed by atoms with van der Waals surface area (Å²) in [7, 11) is -4.23. The van der Waals surface area contributed by atoms with Crippen LogP contribution in [0.4, 0.5) is 23.4 Å². The molecule has 3 heterocycles. The molecule has 4 rings (SSSR count). The number of benzene rings is 1. The van der Waals surface area contributed by atoms with E-state index in [2.05, 4.69) is 25.8 Å². The standard InChI is InChI=1S/C24H25F4N7O5S/c1-14(13-40-15(2)36)35-22(31-32-33-35)20-4-3-5-21(29-20)30-23(37)18-10-17-12-34(8-6-16(17)11-19(18)25)41(38,39)9-7-24(26,27)28/h3-5,10-11,14H,6-9,12-13H2,1-2H3,(H,29,30,37)/t14-/m1/s1. The molecule has 1 aliphatic heterocycles. The molecule has 2 aromatic heterocycles. The van der Waals surface area contributed by atoms with E-state index >= 15 is 0 Å². The molecule has 0 unspecified atom stereocenters. The molecule has 0 fully saturated rings. The van der Waals surface area contributed by atoms with Crippen LogP contribution >= 0.6 is 0 Å². The minimum Gasteiger partial charge on any atom is -0.464 e. The zero-order valence-electron chi connectivity index (χ0n) is 21.9. The van der Waals surface area contributed by atoms with Crippen molar-refractivity contribution in [1.29, 1.82) is 0 Å². The van der Waals surface area contributed by atoms with E-state index in [9.17, 15) is 35.6 Å². The van der Waals surface area contributed by atoms with Gasteiger partial charge in [-0.15, -0.1) is 5.10 Å². The summed E-state index contributed by atoms with van der Waals surface area (Å²) in [6, 6.07) is 6.44. The number of fused-ring (bicyclic) bond motifs is 1. The van der Waals surface area contributed by atoms with Gasteiger partial charge in [-0.1, -0.05) is 6.07 Å². The van der Waals surface area contributed by atoms with E-state index in [0.717, 1.165) is 10.4 Å². The predicted molar refractivity (Wildman–Crippen MR) is 135 cm³/mol. The van der Waals surface area contributed by atoms with Crippen molar-refractivity contribution in [2.75, 3.05) is 24.2 Å². The first kappa shape index (κ1) is 30.0. The van der Waals surface area contributed by atoms with Crippen LogP contribution in [0.5, 0.6) is 0 Å². The quantitative estimate of drug-likeness (QED) is 0.289. The number of amides is 1. The van der Waals surface area contributed by atoms with E-state index in [4.69, 9.17) is 4.74 Å². The summed E-state index contributed by atoms with van der Waals surface area (Å²) < 4.78 is 84.8. The van der Waals surface area contributed by atoms with Crippen molar-refractivity contribution in [3.05, 3.63) is 52.8 Å². The molecule has 1 aliphatic rings. The zero-order valence-corrected chi connectivity index (χ0v) is 22.7.